The minimum absolute atomic E-state index is 0.105. The van der Waals surface area contributed by atoms with E-state index in [0.717, 1.165) is 17.6 Å². The maximum Gasteiger partial charge on any atom is 0.228 e. The summed E-state index contributed by atoms with van der Waals surface area (Å²) in [5.41, 5.74) is 0.105. The van der Waals surface area contributed by atoms with Crippen molar-refractivity contribution in [2.24, 2.45) is 11.3 Å². The van der Waals surface area contributed by atoms with Gasteiger partial charge in [0, 0.05) is 18.7 Å². The Morgan fingerprint density at radius 3 is 2.83 bits per heavy atom. The second kappa shape index (κ2) is 5.57. The van der Waals surface area contributed by atoms with E-state index in [-0.39, 0.29) is 11.5 Å². The lowest BCUT2D eigenvalue weighted by Crippen LogP contribution is -2.40. The van der Waals surface area contributed by atoms with Crippen LogP contribution in [0.25, 0.3) is 0 Å². The summed E-state index contributed by atoms with van der Waals surface area (Å²) >= 11 is 3.50. The predicted octanol–water partition coefficient (Wildman–Crippen LogP) is 3.25. The lowest BCUT2D eigenvalue weighted by Gasteiger charge is -2.35. The van der Waals surface area contributed by atoms with Gasteiger partial charge in [-0.25, -0.2) is 4.98 Å². The molecule has 0 bridgehead atoms. The number of nitrogens with one attached hydrogen (secondary N) is 1. The summed E-state index contributed by atoms with van der Waals surface area (Å²) in [7, 11) is 0. The zero-order chi connectivity index (χ0) is 13.2. The molecular weight excluding hydrogens is 292 g/mol. The average Bonchev–Trinajstić information content (AvgIpc) is 2.79. The summed E-state index contributed by atoms with van der Waals surface area (Å²) in [5, 5.41) is 3.41. The van der Waals surface area contributed by atoms with Gasteiger partial charge in [-0.05, 0) is 46.4 Å². The fourth-order valence-corrected chi connectivity index (χ4v) is 2.84. The highest BCUT2D eigenvalue weighted by Gasteiger charge is 2.36. The molecule has 2 heterocycles. The first-order valence-electron chi connectivity index (χ1n) is 6.46. The molecule has 1 aromatic rings. The Hall–Kier alpha value is -0.610. The Labute approximate surface area is 117 Å². The van der Waals surface area contributed by atoms with E-state index in [4.69, 9.17) is 4.74 Å². The van der Waals surface area contributed by atoms with Crippen LogP contribution >= 0.6 is 15.9 Å². The van der Waals surface area contributed by atoms with Crippen LogP contribution < -0.4 is 10.1 Å². The summed E-state index contributed by atoms with van der Waals surface area (Å²) in [4.78, 5) is 4.31. The third-order valence-corrected chi connectivity index (χ3v) is 3.95. The van der Waals surface area contributed by atoms with Gasteiger partial charge in [0.15, 0.2) is 0 Å². The van der Waals surface area contributed by atoms with Crippen molar-refractivity contribution in [1.82, 2.24) is 10.3 Å². The normalized spacial score (nSPS) is 21.9. The minimum Gasteiger partial charge on any atom is -0.473 e. The second-order valence-corrected chi connectivity index (χ2v) is 6.80. The molecule has 0 saturated carbocycles. The van der Waals surface area contributed by atoms with Crippen molar-refractivity contribution in [3.05, 3.63) is 22.8 Å². The topological polar surface area (TPSA) is 34.1 Å². The highest BCUT2D eigenvalue weighted by molar-refractivity contribution is 9.10. The first-order chi connectivity index (χ1) is 8.48. The van der Waals surface area contributed by atoms with Crippen molar-refractivity contribution in [3.8, 4) is 5.88 Å². The largest absolute Gasteiger partial charge is 0.473 e. The first kappa shape index (κ1) is 13.8. The Balaban J connectivity index is 2.17. The zero-order valence-electron chi connectivity index (χ0n) is 11.2. The van der Waals surface area contributed by atoms with Gasteiger partial charge < -0.3 is 10.1 Å². The Morgan fingerprint density at radius 1 is 1.50 bits per heavy atom. The van der Waals surface area contributed by atoms with Crippen molar-refractivity contribution in [3.63, 3.8) is 0 Å². The molecule has 1 aromatic heterocycles. The molecule has 1 fully saturated rings. The summed E-state index contributed by atoms with van der Waals surface area (Å²) in [6.45, 7) is 8.81. The lowest BCUT2D eigenvalue weighted by molar-refractivity contribution is 0.0365. The fraction of sp³-hybridized carbons (Fsp3) is 0.643. The number of rotatable bonds is 3. The summed E-state index contributed by atoms with van der Waals surface area (Å²) < 4.78 is 7.12. The van der Waals surface area contributed by atoms with Crippen molar-refractivity contribution < 1.29 is 4.74 Å². The van der Waals surface area contributed by atoms with Crippen LogP contribution in [-0.2, 0) is 0 Å². The molecule has 18 heavy (non-hydrogen) atoms. The van der Waals surface area contributed by atoms with Gasteiger partial charge >= 0.3 is 0 Å². The van der Waals surface area contributed by atoms with Crippen LogP contribution in [0, 0.1) is 11.3 Å². The molecule has 0 spiro atoms. The van der Waals surface area contributed by atoms with E-state index >= 15 is 0 Å². The molecule has 2 atom stereocenters. The van der Waals surface area contributed by atoms with Gasteiger partial charge in [0.25, 0.3) is 0 Å². The van der Waals surface area contributed by atoms with E-state index < -0.39 is 0 Å². The molecule has 0 radical (unpaired) electrons. The Bertz CT molecular complexity index is 397. The molecule has 1 saturated heterocycles. The van der Waals surface area contributed by atoms with E-state index in [2.05, 4.69) is 47.0 Å². The maximum absolute atomic E-state index is 6.20. The predicted molar refractivity (Wildman–Crippen MR) is 76.8 cm³/mol. The average molecular weight is 313 g/mol. The van der Waals surface area contributed by atoms with E-state index in [0.29, 0.717) is 11.8 Å². The molecule has 1 N–H and O–H groups in total. The molecule has 0 aliphatic carbocycles. The molecule has 4 heteroatoms. The highest BCUT2D eigenvalue weighted by atomic mass is 79.9. The van der Waals surface area contributed by atoms with Crippen LogP contribution in [0.5, 0.6) is 5.88 Å². The first-order valence-corrected chi connectivity index (χ1v) is 7.25. The summed E-state index contributed by atoms with van der Waals surface area (Å²) in [6.07, 6.45) is 3.12. The number of aromatic nitrogens is 1. The van der Waals surface area contributed by atoms with E-state index in [1.54, 1.807) is 6.20 Å². The van der Waals surface area contributed by atoms with Crippen LogP contribution in [-0.4, -0.2) is 24.2 Å². The van der Waals surface area contributed by atoms with E-state index in [1.165, 1.54) is 6.42 Å². The molecular formula is C14H21BrN2O. The van der Waals surface area contributed by atoms with Crippen LogP contribution in [0.4, 0.5) is 0 Å². The van der Waals surface area contributed by atoms with Crippen molar-refractivity contribution in [2.75, 3.05) is 13.1 Å². The molecule has 2 unspecified atom stereocenters. The standard InChI is InChI=1S/C14H21BrN2O/c1-14(2,3)12(10-6-8-16-9-10)18-13-11(15)5-4-7-17-13/h4-5,7,10,12,16H,6,8-9H2,1-3H3. The van der Waals surface area contributed by atoms with E-state index in [9.17, 15) is 0 Å². The van der Waals surface area contributed by atoms with Gasteiger partial charge in [-0.2, -0.15) is 0 Å². The minimum atomic E-state index is 0.105. The van der Waals surface area contributed by atoms with Crippen molar-refractivity contribution >= 4 is 15.9 Å². The van der Waals surface area contributed by atoms with Crippen molar-refractivity contribution in [1.29, 1.82) is 0 Å². The fourth-order valence-electron chi connectivity index (χ4n) is 2.49. The SMILES string of the molecule is CC(C)(C)C(Oc1ncccc1Br)C1CCNC1. The maximum atomic E-state index is 6.20. The van der Waals surface area contributed by atoms with Crippen molar-refractivity contribution in [2.45, 2.75) is 33.3 Å². The van der Waals surface area contributed by atoms with Gasteiger partial charge in [0.1, 0.15) is 6.10 Å². The van der Waals surface area contributed by atoms with Gasteiger partial charge in [-0.1, -0.05) is 20.8 Å². The second-order valence-electron chi connectivity index (χ2n) is 5.95. The van der Waals surface area contributed by atoms with Crippen LogP contribution in [0.2, 0.25) is 0 Å². The molecule has 1 aliphatic heterocycles. The molecule has 0 amide bonds. The van der Waals surface area contributed by atoms with Gasteiger partial charge in [-0.3, -0.25) is 0 Å². The van der Waals surface area contributed by atoms with Gasteiger partial charge in [-0.15, -0.1) is 0 Å². The Kier molecular flexibility index (Phi) is 4.28. The van der Waals surface area contributed by atoms with E-state index in [1.807, 2.05) is 12.1 Å². The van der Waals surface area contributed by atoms with Crippen LogP contribution in [0.1, 0.15) is 27.2 Å². The molecule has 2 rings (SSSR count). The molecule has 100 valence electrons. The summed E-state index contributed by atoms with van der Waals surface area (Å²) in [6, 6.07) is 3.87. The third kappa shape index (κ3) is 3.23. The van der Waals surface area contributed by atoms with Crippen LogP contribution in [0.3, 0.4) is 0 Å². The number of hydrogen-bond acceptors (Lipinski definition) is 3. The number of nitrogens with zero attached hydrogens (tertiary/aromatic N) is 1. The number of pyridine rings is 1. The quantitative estimate of drug-likeness (QED) is 0.930. The number of ether oxygens (including phenoxy) is 1. The molecule has 0 aromatic carbocycles. The molecule has 3 nitrogen and oxygen atoms in total. The molecule has 1 aliphatic rings. The highest BCUT2D eigenvalue weighted by Crippen LogP contribution is 2.34. The Morgan fingerprint density at radius 2 is 2.28 bits per heavy atom. The number of hydrogen-bond donors (Lipinski definition) is 1. The third-order valence-electron chi connectivity index (χ3n) is 3.34. The summed E-state index contributed by atoms with van der Waals surface area (Å²) in [5.74, 6) is 1.25. The lowest BCUT2D eigenvalue weighted by atomic mass is 9.80. The zero-order valence-corrected chi connectivity index (χ0v) is 12.8. The number of halogens is 1. The smallest absolute Gasteiger partial charge is 0.228 e. The van der Waals surface area contributed by atoms with Gasteiger partial charge in [0.05, 0.1) is 4.47 Å². The van der Waals surface area contributed by atoms with Crippen LogP contribution in [0.15, 0.2) is 22.8 Å². The monoisotopic (exact) mass is 312 g/mol. The van der Waals surface area contributed by atoms with Gasteiger partial charge in [0.2, 0.25) is 5.88 Å².